The van der Waals surface area contributed by atoms with Crippen LogP contribution in [0.25, 0.3) is 0 Å². The second-order valence-corrected chi connectivity index (χ2v) is 6.69. The molecular formula is C14H26N2O4S. The molecule has 1 fully saturated rings. The summed E-state index contributed by atoms with van der Waals surface area (Å²) >= 11 is 1.86. The van der Waals surface area contributed by atoms with E-state index in [-0.39, 0.29) is 12.1 Å². The second kappa shape index (κ2) is 9.89. The minimum absolute atomic E-state index is 0.142. The maximum atomic E-state index is 12.0. The van der Waals surface area contributed by atoms with Crippen LogP contribution in [0.2, 0.25) is 0 Å². The summed E-state index contributed by atoms with van der Waals surface area (Å²) in [4.78, 5) is 23.1. The van der Waals surface area contributed by atoms with Crippen molar-refractivity contribution in [2.75, 3.05) is 19.5 Å². The SMILES string of the molecule is CCSC1CCCC1NC(=O)NC(CCCOC)C(=O)O. The number of rotatable bonds is 9. The Morgan fingerprint density at radius 2 is 2.19 bits per heavy atom. The number of carboxylic acid groups (broad SMARTS) is 1. The van der Waals surface area contributed by atoms with E-state index in [4.69, 9.17) is 9.84 Å². The Balaban J connectivity index is 2.40. The Kier molecular flexibility index (Phi) is 8.52. The van der Waals surface area contributed by atoms with E-state index in [1.807, 2.05) is 11.8 Å². The molecule has 0 radical (unpaired) electrons. The van der Waals surface area contributed by atoms with Crippen molar-refractivity contribution in [3.05, 3.63) is 0 Å². The van der Waals surface area contributed by atoms with E-state index in [9.17, 15) is 9.59 Å². The summed E-state index contributed by atoms with van der Waals surface area (Å²) in [6, 6.07) is -1.10. The first-order chi connectivity index (χ1) is 10.1. The Hall–Kier alpha value is -0.950. The number of aliphatic carboxylic acids is 1. The number of carbonyl (C=O) groups is 2. The minimum Gasteiger partial charge on any atom is -0.480 e. The van der Waals surface area contributed by atoms with Gasteiger partial charge in [0.05, 0.1) is 0 Å². The molecule has 0 aromatic carbocycles. The van der Waals surface area contributed by atoms with Crippen LogP contribution < -0.4 is 10.6 Å². The maximum Gasteiger partial charge on any atom is 0.326 e. The van der Waals surface area contributed by atoms with Crippen molar-refractivity contribution in [2.24, 2.45) is 0 Å². The molecule has 122 valence electrons. The number of hydrogen-bond acceptors (Lipinski definition) is 4. The summed E-state index contributed by atoms with van der Waals surface area (Å²) in [7, 11) is 1.57. The number of carboxylic acids is 1. The van der Waals surface area contributed by atoms with Gasteiger partial charge in [-0.3, -0.25) is 0 Å². The predicted octanol–water partition coefficient (Wildman–Crippen LogP) is 1.84. The molecule has 0 spiro atoms. The van der Waals surface area contributed by atoms with Gasteiger partial charge >= 0.3 is 12.0 Å². The number of amides is 2. The molecule has 3 unspecified atom stereocenters. The molecule has 0 aliphatic heterocycles. The first-order valence-electron chi connectivity index (χ1n) is 7.48. The molecule has 0 bridgehead atoms. The molecule has 6 nitrogen and oxygen atoms in total. The number of urea groups is 1. The minimum atomic E-state index is -1.01. The highest BCUT2D eigenvalue weighted by Crippen LogP contribution is 2.29. The zero-order valence-corrected chi connectivity index (χ0v) is 13.6. The van der Waals surface area contributed by atoms with Crippen molar-refractivity contribution >= 4 is 23.8 Å². The van der Waals surface area contributed by atoms with E-state index in [1.54, 1.807) is 7.11 Å². The monoisotopic (exact) mass is 318 g/mol. The molecule has 0 heterocycles. The van der Waals surface area contributed by atoms with Crippen molar-refractivity contribution in [3.63, 3.8) is 0 Å². The first-order valence-corrected chi connectivity index (χ1v) is 8.53. The molecule has 1 rings (SSSR count). The molecule has 1 aliphatic rings. The lowest BCUT2D eigenvalue weighted by Gasteiger charge is -2.22. The van der Waals surface area contributed by atoms with Crippen molar-refractivity contribution in [1.29, 1.82) is 0 Å². The molecule has 1 saturated carbocycles. The van der Waals surface area contributed by atoms with Crippen LogP contribution in [0.15, 0.2) is 0 Å². The van der Waals surface area contributed by atoms with Gasteiger partial charge in [-0.2, -0.15) is 11.8 Å². The maximum absolute atomic E-state index is 12.0. The lowest BCUT2D eigenvalue weighted by Crippen LogP contribution is -2.50. The smallest absolute Gasteiger partial charge is 0.326 e. The number of ether oxygens (including phenoxy) is 1. The molecule has 7 heteroatoms. The lowest BCUT2D eigenvalue weighted by atomic mass is 10.1. The topological polar surface area (TPSA) is 87.7 Å². The predicted molar refractivity (Wildman–Crippen MR) is 83.8 cm³/mol. The van der Waals surface area contributed by atoms with Crippen molar-refractivity contribution in [1.82, 2.24) is 10.6 Å². The van der Waals surface area contributed by atoms with Crippen LogP contribution in [-0.4, -0.2) is 53.9 Å². The highest BCUT2D eigenvalue weighted by atomic mass is 32.2. The van der Waals surface area contributed by atoms with E-state index in [2.05, 4.69) is 17.6 Å². The van der Waals surface area contributed by atoms with Gasteiger partial charge in [0.1, 0.15) is 6.04 Å². The third kappa shape index (κ3) is 6.56. The van der Waals surface area contributed by atoms with E-state index >= 15 is 0 Å². The highest BCUT2D eigenvalue weighted by Gasteiger charge is 2.29. The number of carbonyl (C=O) groups excluding carboxylic acids is 1. The van der Waals surface area contributed by atoms with Gasteiger partial charge in [0.25, 0.3) is 0 Å². The summed E-state index contributed by atoms with van der Waals surface area (Å²) in [5.74, 6) is 0.0198. The Bertz CT molecular complexity index is 341. The number of nitrogens with one attached hydrogen (secondary N) is 2. The zero-order valence-electron chi connectivity index (χ0n) is 12.8. The molecule has 21 heavy (non-hydrogen) atoms. The summed E-state index contributed by atoms with van der Waals surface area (Å²) in [5.41, 5.74) is 0. The summed E-state index contributed by atoms with van der Waals surface area (Å²) in [6.07, 6.45) is 4.16. The second-order valence-electron chi connectivity index (χ2n) is 5.17. The Morgan fingerprint density at radius 3 is 2.81 bits per heavy atom. The molecule has 0 saturated heterocycles. The van der Waals surface area contributed by atoms with E-state index in [0.29, 0.717) is 24.7 Å². The highest BCUT2D eigenvalue weighted by molar-refractivity contribution is 7.99. The quantitative estimate of drug-likeness (QED) is 0.565. The average Bonchev–Trinajstić information content (AvgIpc) is 2.85. The summed E-state index contributed by atoms with van der Waals surface area (Å²) in [5, 5.41) is 15.0. The van der Waals surface area contributed by atoms with Gasteiger partial charge in [-0.15, -0.1) is 0 Å². The fourth-order valence-electron chi connectivity index (χ4n) is 2.56. The molecule has 2 amide bonds. The molecular weight excluding hydrogens is 292 g/mol. The van der Waals surface area contributed by atoms with Crippen LogP contribution >= 0.6 is 11.8 Å². The van der Waals surface area contributed by atoms with Gasteiger partial charge in [0.2, 0.25) is 0 Å². The summed E-state index contributed by atoms with van der Waals surface area (Å²) < 4.78 is 4.90. The average molecular weight is 318 g/mol. The fourth-order valence-corrected chi connectivity index (χ4v) is 3.76. The standard InChI is InChI=1S/C14H26N2O4S/c1-3-21-12-8-4-6-10(12)15-14(19)16-11(13(17)18)7-5-9-20-2/h10-12H,3-9H2,1-2H3,(H,17,18)(H2,15,16,19). The van der Waals surface area contributed by atoms with E-state index in [1.165, 1.54) is 0 Å². The van der Waals surface area contributed by atoms with Gasteiger partial charge < -0.3 is 20.5 Å². The van der Waals surface area contributed by atoms with Crippen molar-refractivity contribution in [3.8, 4) is 0 Å². The summed E-state index contributed by atoms with van der Waals surface area (Å²) in [6.45, 7) is 2.60. The van der Waals surface area contributed by atoms with Crippen LogP contribution in [0.5, 0.6) is 0 Å². The molecule has 3 atom stereocenters. The van der Waals surface area contributed by atoms with Gasteiger partial charge in [0, 0.05) is 25.0 Å². The van der Waals surface area contributed by atoms with Crippen LogP contribution in [0.4, 0.5) is 4.79 Å². The van der Waals surface area contributed by atoms with E-state index in [0.717, 1.165) is 25.0 Å². The fraction of sp³-hybridized carbons (Fsp3) is 0.857. The number of methoxy groups -OCH3 is 1. The molecule has 1 aliphatic carbocycles. The van der Waals surface area contributed by atoms with Gasteiger partial charge in [-0.1, -0.05) is 13.3 Å². The Labute approximate surface area is 130 Å². The van der Waals surface area contributed by atoms with Crippen molar-refractivity contribution < 1.29 is 19.4 Å². The Morgan fingerprint density at radius 1 is 1.43 bits per heavy atom. The largest absolute Gasteiger partial charge is 0.480 e. The van der Waals surface area contributed by atoms with E-state index < -0.39 is 12.0 Å². The van der Waals surface area contributed by atoms with Crippen LogP contribution in [0.3, 0.4) is 0 Å². The van der Waals surface area contributed by atoms with Gasteiger partial charge in [-0.05, 0) is 31.4 Å². The van der Waals surface area contributed by atoms with Crippen LogP contribution in [0, 0.1) is 0 Å². The molecule has 3 N–H and O–H groups in total. The lowest BCUT2D eigenvalue weighted by molar-refractivity contribution is -0.139. The third-order valence-electron chi connectivity index (χ3n) is 3.59. The number of thioether (sulfide) groups is 1. The first kappa shape index (κ1) is 18.1. The third-order valence-corrected chi connectivity index (χ3v) is 4.92. The normalized spacial score (nSPS) is 22.8. The van der Waals surface area contributed by atoms with Crippen molar-refractivity contribution in [2.45, 2.75) is 56.4 Å². The number of hydrogen-bond donors (Lipinski definition) is 3. The van der Waals surface area contributed by atoms with Gasteiger partial charge in [0.15, 0.2) is 0 Å². The molecule has 0 aromatic rings. The van der Waals surface area contributed by atoms with Gasteiger partial charge in [-0.25, -0.2) is 9.59 Å². The zero-order chi connectivity index (χ0) is 15.7. The van der Waals surface area contributed by atoms with Crippen LogP contribution in [-0.2, 0) is 9.53 Å². The van der Waals surface area contributed by atoms with Crippen LogP contribution in [0.1, 0.15) is 39.0 Å². The molecule has 0 aromatic heterocycles.